The Labute approximate surface area is 102 Å². The molecule has 1 aliphatic heterocycles. The second-order valence-electron chi connectivity index (χ2n) is 4.89. The summed E-state index contributed by atoms with van der Waals surface area (Å²) in [6.07, 6.45) is 0. The molecule has 0 amide bonds. The summed E-state index contributed by atoms with van der Waals surface area (Å²) in [5.74, 6) is 1.60. The quantitative estimate of drug-likeness (QED) is 0.868. The number of benzene rings is 1. The largest absolute Gasteiger partial charge is 0.494 e. The Morgan fingerprint density at radius 3 is 2.88 bits per heavy atom. The number of para-hydroxylation sites is 1. The number of β-amino-alcohol motifs (C(OH)–C–C–N with tert-alkyl or cyclic N) is 1. The van der Waals surface area contributed by atoms with E-state index in [1.54, 1.807) is 21.0 Å². The summed E-state index contributed by atoms with van der Waals surface area (Å²) in [4.78, 5) is 2.11. The van der Waals surface area contributed by atoms with Crippen LogP contribution < -0.4 is 14.4 Å². The second-order valence-corrected chi connectivity index (χ2v) is 4.89. The first kappa shape index (κ1) is 12.0. The lowest BCUT2D eigenvalue weighted by atomic mass is 10.1. The molecular formula is C13H19NO3. The highest BCUT2D eigenvalue weighted by Gasteiger charge is 2.26. The smallest absolute Gasteiger partial charge is 0.146 e. The van der Waals surface area contributed by atoms with Crippen molar-refractivity contribution < 1.29 is 14.6 Å². The van der Waals surface area contributed by atoms with Gasteiger partial charge in [-0.05, 0) is 26.0 Å². The summed E-state index contributed by atoms with van der Waals surface area (Å²) < 4.78 is 11.0. The Balaban J connectivity index is 2.35. The molecule has 2 rings (SSSR count). The van der Waals surface area contributed by atoms with Crippen molar-refractivity contribution in [3.05, 3.63) is 18.2 Å². The topological polar surface area (TPSA) is 41.9 Å². The number of hydrogen-bond donors (Lipinski definition) is 1. The Hall–Kier alpha value is -1.42. The fourth-order valence-electron chi connectivity index (χ4n) is 2.10. The highest BCUT2D eigenvalue weighted by molar-refractivity contribution is 5.69. The van der Waals surface area contributed by atoms with Crippen LogP contribution in [0.1, 0.15) is 13.8 Å². The molecule has 0 saturated heterocycles. The van der Waals surface area contributed by atoms with Crippen LogP contribution >= 0.6 is 0 Å². The molecule has 0 atom stereocenters. The fraction of sp³-hybridized carbons (Fsp3) is 0.538. The molecule has 0 fully saturated rings. The van der Waals surface area contributed by atoms with Gasteiger partial charge in [0.15, 0.2) is 0 Å². The molecule has 0 unspecified atom stereocenters. The van der Waals surface area contributed by atoms with Crippen molar-refractivity contribution in [1.82, 2.24) is 0 Å². The molecule has 0 aromatic heterocycles. The normalized spacial score (nSPS) is 15.2. The van der Waals surface area contributed by atoms with Gasteiger partial charge >= 0.3 is 0 Å². The van der Waals surface area contributed by atoms with Crippen LogP contribution in [-0.4, -0.2) is 37.5 Å². The average Bonchev–Trinajstić information content (AvgIpc) is 2.26. The molecular weight excluding hydrogens is 218 g/mol. The third-order valence-electron chi connectivity index (χ3n) is 2.69. The molecule has 1 heterocycles. The van der Waals surface area contributed by atoms with Crippen molar-refractivity contribution in [3.8, 4) is 11.5 Å². The van der Waals surface area contributed by atoms with E-state index >= 15 is 0 Å². The van der Waals surface area contributed by atoms with Gasteiger partial charge in [-0.2, -0.15) is 0 Å². The molecule has 1 aromatic rings. The molecule has 0 saturated carbocycles. The van der Waals surface area contributed by atoms with E-state index in [-0.39, 0.29) is 0 Å². The number of methoxy groups -OCH3 is 1. The molecule has 1 aliphatic rings. The monoisotopic (exact) mass is 237 g/mol. The zero-order chi connectivity index (χ0) is 12.5. The van der Waals surface area contributed by atoms with Crippen molar-refractivity contribution in [3.63, 3.8) is 0 Å². The van der Waals surface area contributed by atoms with Gasteiger partial charge in [-0.15, -0.1) is 0 Å². The maximum atomic E-state index is 9.94. The van der Waals surface area contributed by atoms with Crippen molar-refractivity contribution in [2.24, 2.45) is 0 Å². The Kier molecular flexibility index (Phi) is 3.15. The maximum absolute atomic E-state index is 9.94. The molecule has 4 nitrogen and oxygen atoms in total. The molecule has 17 heavy (non-hydrogen) atoms. The molecule has 1 aromatic carbocycles. The first-order chi connectivity index (χ1) is 8.01. The summed E-state index contributed by atoms with van der Waals surface area (Å²) in [5, 5.41) is 9.94. The van der Waals surface area contributed by atoms with E-state index < -0.39 is 5.60 Å². The third-order valence-corrected chi connectivity index (χ3v) is 2.69. The minimum absolute atomic E-state index is 0.559. The van der Waals surface area contributed by atoms with Crippen molar-refractivity contribution in [2.75, 3.05) is 31.7 Å². The van der Waals surface area contributed by atoms with Crippen LogP contribution in [0.2, 0.25) is 0 Å². The van der Waals surface area contributed by atoms with Crippen LogP contribution in [0.25, 0.3) is 0 Å². The Morgan fingerprint density at radius 2 is 2.24 bits per heavy atom. The van der Waals surface area contributed by atoms with Gasteiger partial charge in [-0.1, -0.05) is 6.07 Å². The standard InChI is InChI=1S/C13H19NO3/c1-13(2,15)9-14-7-8-17-11-6-4-5-10(16-3)12(11)14/h4-6,15H,7-9H2,1-3H3. The minimum Gasteiger partial charge on any atom is -0.494 e. The number of ether oxygens (including phenoxy) is 2. The van der Waals surface area contributed by atoms with Crippen molar-refractivity contribution in [1.29, 1.82) is 0 Å². The van der Waals surface area contributed by atoms with E-state index in [2.05, 4.69) is 4.90 Å². The van der Waals surface area contributed by atoms with E-state index in [9.17, 15) is 5.11 Å². The number of anilines is 1. The average molecular weight is 237 g/mol. The summed E-state index contributed by atoms with van der Waals surface area (Å²) >= 11 is 0. The summed E-state index contributed by atoms with van der Waals surface area (Å²) in [6.45, 7) is 5.56. The van der Waals surface area contributed by atoms with Crippen LogP contribution in [0.5, 0.6) is 11.5 Å². The molecule has 4 heteroatoms. The van der Waals surface area contributed by atoms with Crippen LogP contribution in [0.3, 0.4) is 0 Å². The lowest BCUT2D eigenvalue weighted by Gasteiger charge is -2.35. The van der Waals surface area contributed by atoms with E-state index in [1.807, 2.05) is 18.2 Å². The predicted molar refractivity (Wildman–Crippen MR) is 67.0 cm³/mol. The van der Waals surface area contributed by atoms with Gasteiger partial charge in [0.2, 0.25) is 0 Å². The Morgan fingerprint density at radius 1 is 1.47 bits per heavy atom. The number of aliphatic hydroxyl groups is 1. The maximum Gasteiger partial charge on any atom is 0.146 e. The van der Waals surface area contributed by atoms with Gasteiger partial charge in [0, 0.05) is 6.54 Å². The molecule has 94 valence electrons. The second kappa shape index (κ2) is 4.45. The molecule has 1 N–H and O–H groups in total. The first-order valence-corrected chi connectivity index (χ1v) is 5.78. The van der Waals surface area contributed by atoms with Crippen molar-refractivity contribution in [2.45, 2.75) is 19.4 Å². The van der Waals surface area contributed by atoms with E-state index in [0.717, 1.165) is 23.7 Å². The summed E-state index contributed by atoms with van der Waals surface area (Å²) in [5.41, 5.74) is 0.193. The lowest BCUT2D eigenvalue weighted by molar-refractivity contribution is 0.0853. The predicted octanol–water partition coefficient (Wildman–Crippen LogP) is 1.66. The van der Waals surface area contributed by atoms with E-state index in [0.29, 0.717) is 13.2 Å². The van der Waals surface area contributed by atoms with E-state index in [1.165, 1.54) is 0 Å². The van der Waals surface area contributed by atoms with Gasteiger partial charge in [-0.3, -0.25) is 0 Å². The van der Waals surface area contributed by atoms with Gasteiger partial charge in [0.25, 0.3) is 0 Å². The summed E-state index contributed by atoms with van der Waals surface area (Å²) in [6, 6.07) is 5.74. The SMILES string of the molecule is COc1cccc2c1N(CC(C)(C)O)CCO2. The van der Waals surface area contributed by atoms with Crippen LogP contribution in [0.4, 0.5) is 5.69 Å². The number of nitrogens with zero attached hydrogens (tertiary/aromatic N) is 1. The zero-order valence-electron chi connectivity index (χ0n) is 10.6. The molecule has 0 radical (unpaired) electrons. The van der Waals surface area contributed by atoms with Crippen LogP contribution in [0.15, 0.2) is 18.2 Å². The number of hydrogen-bond acceptors (Lipinski definition) is 4. The van der Waals surface area contributed by atoms with Crippen LogP contribution in [-0.2, 0) is 0 Å². The molecule has 0 bridgehead atoms. The van der Waals surface area contributed by atoms with Gasteiger partial charge in [-0.25, -0.2) is 0 Å². The third kappa shape index (κ3) is 2.64. The first-order valence-electron chi connectivity index (χ1n) is 5.78. The summed E-state index contributed by atoms with van der Waals surface area (Å²) in [7, 11) is 1.65. The zero-order valence-corrected chi connectivity index (χ0v) is 10.6. The lowest BCUT2D eigenvalue weighted by Crippen LogP contribution is -2.42. The van der Waals surface area contributed by atoms with Gasteiger partial charge in [0.05, 0.1) is 19.3 Å². The highest BCUT2D eigenvalue weighted by atomic mass is 16.5. The fourth-order valence-corrected chi connectivity index (χ4v) is 2.10. The number of fused-ring (bicyclic) bond motifs is 1. The van der Waals surface area contributed by atoms with Gasteiger partial charge < -0.3 is 19.5 Å². The minimum atomic E-state index is -0.741. The highest BCUT2D eigenvalue weighted by Crippen LogP contribution is 2.40. The number of rotatable bonds is 3. The van der Waals surface area contributed by atoms with E-state index in [4.69, 9.17) is 9.47 Å². The van der Waals surface area contributed by atoms with Crippen LogP contribution in [0, 0.1) is 0 Å². The molecule has 0 spiro atoms. The van der Waals surface area contributed by atoms with Crippen molar-refractivity contribution >= 4 is 5.69 Å². The Bertz CT molecular complexity index is 384. The molecule has 0 aliphatic carbocycles. The van der Waals surface area contributed by atoms with Gasteiger partial charge in [0.1, 0.15) is 23.8 Å².